The van der Waals surface area contributed by atoms with Crippen molar-refractivity contribution in [3.8, 4) is 68.0 Å². The molecule has 0 aliphatic heterocycles. The molecule has 338 valence electrons. The Hall–Kier alpha value is -8.65. The van der Waals surface area contributed by atoms with Gasteiger partial charge in [-0.25, -0.2) is 0 Å². The van der Waals surface area contributed by atoms with Crippen LogP contribution in [0.2, 0.25) is 0 Å². The van der Waals surface area contributed by atoms with Crippen LogP contribution in [0.25, 0.3) is 99.5 Å². The van der Waals surface area contributed by atoms with Crippen molar-refractivity contribution < 1.29 is 13.2 Å². The summed E-state index contributed by atoms with van der Waals surface area (Å²) >= 11 is 0. The lowest BCUT2D eigenvalue weighted by Crippen LogP contribution is -2.05. The zero-order chi connectivity index (χ0) is 48.7. The summed E-state index contributed by atoms with van der Waals surface area (Å²) in [5, 5.41) is 25.0. The number of halogens is 3. The molecule has 0 aliphatic rings. The average Bonchev–Trinajstić information content (AvgIpc) is 3.84. The predicted octanol–water partition coefficient (Wildman–Crippen LogP) is 17.2. The number of hydrogen-bond acceptors (Lipinski definition) is 2. The number of benzene rings is 9. The summed E-state index contributed by atoms with van der Waals surface area (Å²) in [6, 6.07) is 58.1. The Bertz CT molecular complexity index is 4050. The maximum atomic E-state index is 14.0. The third kappa shape index (κ3) is 7.13. The van der Waals surface area contributed by atoms with Gasteiger partial charge in [0.05, 0.1) is 62.3 Å². The fourth-order valence-corrected chi connectivity index (χ4v) is 11.2. The normalized spacial score (nSPS) is 11.8. The van der Waals surface area contributed by atoms with Crippen LogP contribution in [0, 0.1) is 64.2 Å². The maximum Gasteiger partial charge on any atom is 0.416 e. The van der Waals surface area contributed by atoms with E-state index in [1.165, 1.54) is 50.6 Å². The molecule has 9 aromatic carbocycles. The predicted molar refractivity (Wildman–Crippen MR) is 280 cm³/mol. The number of para-hydroxylation sites is 2. The van der Waals surface area contributed by atoms with Gasteiger partial charge in [-0.05, 0) is 164 Å². The molecule has 0 bridgehead atoms. The van der Waals surface area contributed by atoms with Gasteiger partial charge in [0.25, 0.3) is 0 Å². The zero-order valence-corrected chi connectivity index (χ0v) is 39.5. The molecule has 11 rings (SSSR count). The summed E-state index contributed by atoms with van der Waals surface area (Å²) in [6.45, 7) is 12.8. The molecule has 0 saturated heterocycles. The van der Waals surface area contributed by atoms with Crippen LogP contribution in [0.5, 0.6) is 0 Å². The molecule has 70 heavy (non-hydrogen) atoms. The third-order valence-corrected chi connectivity index (χ3v) is 14.0. The smallest absolute Gasteiger partial charge is 0.309 e. The molecule has 0 unspecified atom stereocenters. The molecule has 0 saturated carbocycles. The first-order valence-corrected chi connectivity index (χ1v) is 23.3. The Morgan fingerprint density at radius 3 is 1.33 bits per heavy atom. The second-order valence-corrected chi connectivity index (χ2v) is 18.7. The van der Waals surface area contributed by atoms with Gasteiger partial charge in [-0.2, -0.15) is 23.7 Å². The van der Waals surface area contributed by atoms with Crippen LogP contribution < -0.4 is 0 Å². The third-order valence-electron chi connectivity index (χ3n) is 14.0. The fraction of sp³-hybridized carbons (Fsp3) is 0.111. The fourth-order valence-electron chi connectivity index (χ4n) is 11.2. The molecule has 2 heterocycles. The highest BCUT2D eigenvalue weighted by atomic mass is 19.4. The van der Waals surface area contributed by atoms with Crippen molar-refractivity contribution in [1.82, 2.24) is 9.13 Å². The van der Waals surface area contributed by atoms with Crippen molar-refractivity contribution in [3.63, 3.8) is 0 Å². The Morgan fingerprint density at radius 2 is 0.843 bits per heavy atom. The lowest BCUT2D eigenvalue weighted by atomic mass is 9.92. The highest BCUT2D eigenvalue weighted by molar-refractivity contribution is 6.13. The molecule has 11 aromatic rings. The van der Waals surface area contributed by atoms with Crippen LogP contribution in [0.3, 0.4) is 0 Å². The van der Waals surface area contributed by atoms with Crippen molar-refractivity contribution in [1.29, 1.82) is 10.5 Å². The van der Waals surface area contributed by atoms with Crippen LogP contribution in [-0.2, 0) is 6.18 Å². The molecule has 0 amide bonds. The zero-order valence-electron chi connectivity index (χ0n) is 39.5. The highest BCUT2D eigenvalue weighted by Gasteiger charge is 2.31. The van der Waals surface area contributed by atoms with E-state index in [0.717, 1.165) is 89.4 Å². The first-order chi connectivity index (χ1) is 33.7. The summed E-state index contributed by atoms with van der Waals surface area (Å²) in [7, 11) is 0. The van der Waals surface area contributed by atoms with E-state index in [1.807, 2.05) is 54.6 Å². The Labute approximate surface area is 404 Å². The molecule has 4 nitrogen and oxygen atoms in total. The van der Waals surface area contributed by atoms with Gasteiger partial charge in [0.15, 0.2) is 0 Å². The monoisotopic (exact) mass is 914 g/mol. The van der Waals surface area contributed by atoms with Gasteiger partial charge in [0.2, 0.25) is 0 Å². The largest absolute Gasteiger partial charge is 0.416 e. The van der Waals surface area contributed by atoms with Gasteiger partial charge in [-0.1, -0.05) is 108 Å². The molecule has 0 aliphatic carbocycles. The second-order valence-electron chi connectivity index (χ2n) is 18.7. The average molecular weight is 915 g/mol. The number of aromatic nitrogens is 2. The van der Waals surface area contributed by atoms with Gasteiger partial charge in [0.1, 0.15) is 0 Å². The molecule has 0 N–H and O–H groups in total. The van der Waals surface area contributed by atoms with Crippen molar-refractivity contribution in [2.24, 2.45) is 0 Å². The van der Waals surface area contributed by atoms with Gasteiger partial charge in [0, 0.05) is 32.7 Å². The quantitative estimate of drug-likeness (QED) is 0.167. The number of nitrogens with zero attached hydrogens (tertiary/aromatic N) is 4. The Morgan fingerprint density at radius 1 is 0.400 bits per heavy atom. The van der Waals surface area contributed by atoms with E-state index in [0.29, 0.717) is 16.7 Å². The lowest BCUT2D eigenvalue weighted by molar-refractivity contribution is -0.137. The Kier molecular flexibility index (Phi) is 10.4. The lowest BCUT2D eigenvalue weighted by Gasteiger charge is -2.20. The van der Waals surface area contributed by atoms with E-state index >= 15 is 0 Å². The molecule has 7 heteroatoms. The van der Waals surface area contributed by atoms with Gasteiger partial charge >= 0.3 is 6.18 Å². The van der Waals surface area contributed by atoms with Gasteiger partial charge in [-0.3, -0.25) is 0 Å². The van der Waals surface area contributed by atoms with E-state index in [1.54, 1.807) is 0 Å². The van der Waals surface area contributed by atoms with Crippen molar-refractivity contribution in [3.05, 3.63) is 214 Å². The molecular weight excluding hydrogens is 870 g/mol. The van der Waals surface area contributed by atoms with Crippen LogP contribution in [0.1, 0.15) is 50.1 Å². The second kappa shape index (κ2) is 16.5. The maximum absolute atomic E-state index is 14.0. The van der Waals surface area contributed by atoms with Gasteiger partial charge < -0.3 is 9.13 Å². The summed E-state index contributed by atoms with van der Waals surface area (Å²) in [6.07, 6.45) is -4.62. The Balaban J connectivity index is 1.21. The summed E-state index contributed by atoms with van der Waals surface area (Å²) < 4.78 is 46.6. The minimum absolute atomic E-state index is 0.0797. The summed E-state index contributed by atoms with van der Waals surface area (Å²) in [5.41, 5.74) is 19.3. The van der Waals surface area contributed by atoms with E-state index in [9.17, 15) is 23.7 Å². The topological polar surface area (TPSA) is 57.4 Å². The van der Waals surface area contributed by atoms with Crippen molar-refractivity contribution in [2.75, 3.05) is 0 Å². The first kappa shape index (κ1) is 43.9. The highest BCUT2D eigenvalue weighted by Crippen LogP contribution is 2.45. The minimum Gasteiger partial charge on any atom is -0.309 e. The van der Waals surface area contributed by atoms with Gasteiger partial charge in [-0.15, -0.1) is 0 Å². The molecule has 0 atom stereocenters. The molecule has 0 radical (unpaired) electrons. The van der Waals surface area contributed by atoms with E-state index in [4.69, 9.17) is 0 Å². The summed E-state index contributed by atoms with van der Waals surface area (Å²) in [5.74, 6) is 0. The van der Waals surface area contributed by atoms with E-state index < -0.39 is 11.7 Å². The van der Waals surface area contributed by atoms with Crippen LogP contribution >= 0.6 is 0 Å². The van der Waals surface area contributed by atoms with Crippen LogP contribution in [0.15, 0.2) is 164 Å². The minimum atomic E-state index is -4.62. The number of nitriles is 2. The number of fused-ring (bicyclic) bond motifs is 6. The molecular formula is C63H45F3N4. The number of alkyl halides is 3. The van der Waals surface area contributed by atoms with Crippen LogP contribution in [-0.4, -0.2) is 9.13 Å². The SMILES string of the molecule is Cc1cc(C)c(-c2ccc3c(c2)c2ccccc2n3-c2cc(C#N)ccc2-c2ccc(-c3ccc(C(F)(F)F)cc3C#N)cc2-n2c3ccccc3c3cc(-c4c(C)cc(C)cc4C)ccc32)c(C)c1. The standard InChI is InChI=1S/C63H45F3N4/c1-36-25-38(3)61(39(4)26-36)44-17-23-57-53(31-44)49-11-7-9-13-55(49)69(57)59-29-42(34-67)15-20-51(59)52-21-16-43(48-22-19-47(63(64,65)66)30-46(48)35-68)33-60(52)70-56-14-10-8-12-50(56)54-32-45(18-24-58(54)70)62-40(5)27-37(2)28-41(62)6/h7-33H,1-6H3. The van der Waals surface area contributed by atoms with Crippen molar-refractivity contribution in [2.45, 2.75) is 47.7 Å². The van der Waals surface area contributed by atoms with Crippen LogP contribution in [0.4, 0.5) is 13.2 Å². The van der Waals surface area contributed by atoms with E-state index in [2.05, 4.69) is 154 Å². The molecule has 0 spiro atoms. The molecule has 2 aromatic heterocycles. The van der Waals surface area contributed by atoms with Crippen molar-refractivity contribution >= 4 is 43.6 Å². The van der Waals surface area contributed by atoms with E-state index in [-0.39, 0.29) is 5.56 Å². The first-order valence-electron chi connectivity index (χ1n) is 23.3. The molecule has 0 fully saturated rings. The number of hydrogen-bond donors (Lipinski definition) is 0. The number of rotatable bonds is 6. The number of aryl methyl sites for hydroxylation is 6. The summed E-state index contributed by atoms with van der Waals surface area (Å²) in [4.78, 5) is 0.